The van der Waals surface area contributed by atoms with Crippen LogP contribution in [0.3, 0.4) is 0 Å². The summed E-state index contributed by atoms with van der Waals surface area (Å²) in [6.45, 7) is 0. The molecule has 0 saturated carbocycles. The molecule has 4 heteroatoms. The standard InChI is InChI=1S/C6H6O.2ClH.Zr/c7-6-4-2-1-3-5-6;;;/h1-5,7H;2*1H;/q;;;+1/p-1. The van der Waals surface area contributed by atoms with Crippen molar-refractivity contribution < 1.29 is 28.0 Å². The quantitative estimate of drug-likeness (QED) is 0.750. The van der Waals surface area contributed by atoms with Crippen molar-refractivity contribution in [3.63, 3.8) is 0 Å². The van der Waals surface area contributed by atoms with Crippen LogP contribution in [0.2, 0.25) is 0 Å². The predicted molar refractivity (Wildman–Crippen MR) is 41.6 cm³/mol. The minimum absolute atomic E-state index is 0. The fourth-order valence-electron chi connectivity index (χ4n) is 0.489. The number of para-hydroxylation sites is 1. The maximum absolute atomic E-state index is 5.00. The summed E-state index contributed by atoms with van der Waals surface area (Å²) in [5.74, 6) is 0.950. The second-order valence-corrected chi connectivity index (χ2v) is 1.92. The molecule has 0 spiro atoms. The molecule has 0 heterocycles. The van der Waals surface area contributed by atoms with E-state index in [1.165, 1.54) is 0 Å². The third kappa shape index (κ3) is 4.32. The molecule has 0 bridgehead atoms. The van der Waals surface area contributed by atoms with Crippen LogP contribution >= 0.6 is 24.8 Å². The monoisotopic (exact) mass is 255 g/mol. The molecular formula is C6H7Cl2OZr. The van der Waals surface area contributed by atoms with Crippen molar-refractivity contribution >= 4 is 24.8 Å². The van der Waals surface area contributed by atoms with Gasteiger partial charge in [-0.1, -0.05) is 0 Å². The topological polar surface area (TPSA) is 9.23 Å². The molecule has 0 atom stereocenters. The van der Waals surface area contributed by atoms with Gasteiger partial charge in [0.2, 0.25) is 0 Å². The average molecular weight is 257 g/mol. The molecule has 0 radical (unpaired) electrons. The average Bonchev–Trinajstić information content (AvgIpc) is 1.90. The summed E-state index contributed by atoms with van der Waals surface area (Å²) in [5.41, 5.74) is 0. The normalized spacial score (nSPS) is 6.70. The van der Waals surface area contributed by atoms with Crippen LogP contribution in [0.25, 0.3) is 0 Å². The summed E-state index contributed by atoms with van der Waals surface area (Å²) in [6, 6.07) is 9.76. The van der Waals surface area contributed by atoms with Crippen molar-refractivity contribution in [3.8, 4) is 5.75 Å². The molecule has 0 saturated heterocycles. The fraction of sp³-hybridized carbons (Fsp3) is 0. The van der Waals surface area contributed by atoms with Crippen LogP contribution in [0.5, 0.6) is 5.75 Å². The molecule has 55 valence electrons. The summed E-state index contributed by atoms with van der Waals surface area (Å²) in [5, 5.41) is 0. The number of rotatable bonds is 1. The van der Waals surface area contributed by atoms with E-state index in [2.05, 4.69) is 0 Å². The van der Waals surface area contributed by atoms with Crippen molar-refractivity contribution in [2.45, 2.75) is 0 Å². The predicted octanol–water partition coefficient (Wildman–Crippen LogP) is 2.37. The van der Waals surface area contributed by atoms with E-state index in [1.54, 1.807) is 0 Å². The van der Waals surface area contributed by atoms with Crippen molar-refractivity contribution in [2.75, 3.05) is 0 Å². The van der Waals surface area contributed by atoms with E-state index in [4.69, 9.17) is 2.81 Å². The van der Waals surface area contributed by atoms with Gasteiger partial charge in [0.25, 0.3) is 0 Å². The van der Waals surface area contributed by atoms with Gasteiger partial charge in [0.1, 0.15) is 0 Å². The Kier molecular flexibility index (Phi) is 9.94. The number of hydrogen-bond donors (Lipinski definition) is 0. The Balaban J connectivity index is 0. The second-order valence-electron chi connectivity index (χ2n) is 1.42. The summed E-state index contributed by atoms with van der Waals surface area (Å²) >= 11 is 1.09. The van der Waals surface area contributed by atoms with Gasteiger partial charge in [-0.25, -0.2) is 0 Å². The van der Waals surface area contributed by atoms with Gasteiger partial charge in [0.15, 0.2) is 0 Å². The Bertz CT molecular complexity index is 157. The van der Waals surface area contributed by atoms with Crippen LogP contribution in [0.15, 0.2) is 30.3 Å². The second kappa shape index (κ2) is 7.59. The SMILES string of the molecule is Cl.Cl.[Zr][O]c1ccccc1. The Morgan fingerprint density at radius 2 is 1.50 bits per heavy atom. The zero-order chi connectivity index (χ0) is 5.82. The van der Waals surface area contributed by atoms with E-state index in [1.807, 2.05) is 30.3 Å². The molecule has 0 amide bonds. The fourth-order valence-corrected chi connectivity index (χ4v) is 0.823. The van der Waals surface area contributed by atoms with Gasteiger partial charge in [-0.15, -0.1) is 24.8 Å². The van der Waals surface area contributed by atoms with Gasteiger partial charge >= 0.3 is 64.1 Å². The zero-order valence-corrected chi connectivity index (χ0v) is 9.20. The molecule has 0 aliphatic heterocycles. The van der Waals surface area contributed by atoms with Crippen molar-refractivity contribution in [1.82, 2.24) is 0 Å². The molecular weight excluding hydrogens is 250 g/mol. The van der Waals surface area contributed by atoms with Crippen LogP contribution < -0.4 is 2.81 Å². The molecule has 1 nitrogen and oxygen atoms in total. The van der Waals surface area contributed by atoms with Crippen LogP contribution in [0, 0.1) is 0 Å². The van der Waals surface area contributed by atoms with Crippen molar-refractivity contribution in [3.05, 3.63) is 30.3 Å². The summed E-state index contributed by atoms with van der Waals surface area (Å²) in [4.78, 5) is 0. The third-order valence-corrected chi connectivity index (χ3v) is 1.44. The van der Waals surface area contributed by atoms with E-state index in [0.29, 0.717) is 0 Å². The first-order chi connectivity index (χ1) is 3.93. The minimum atomic E-state index is 0. The first-order valence-corrected chi connectivity index (χ1v) is 3.32. The van der Waals surface area contributed by atoms with E-state index in [-0.39, 0.29) is 24.8 Å². The zero-order valence-electron chi connectivity index (χ0n) is 5.11. The van der Waals surface area contributed by atoms with E-state index < -0.39 is 0 Å². The Labute approximate surface area is 88.4 Å². The molecule has 0 aliphatic carbocycles. The summed E-state index contributed by atoms with van der Waals surface area (Å²) in [6.07, 6.45) is 0. The van der Waals surface area contributed by atoms with Gasteiger partial charge in [0.05, 0.1) is 0 Å². The molecule has 1 rings (SSSR count). The van der Waals surface area contributed by atoms with Gasteiger partial charge in [0, 0.05) is 0 Å². The summed E-state index contributed by atoms with van der Waals surface area (Å²) < 4.78 is 5.00. The van der Waals surface area contributed by atoms with E-state index in [9.17, 15) is 0 Å². The Morgan fingerprint density at radius 1 is 1.00 bits per heavy atom. The van der Waals surface area contributed by atoms with Gasteiger partial charge in [-0.05, 0) is 0 Å². The molecule has 0 fully saturated rings. The van der Waals surface area contributed by atoms with Gasteiger partial charge in [-0.2, -0.15) is 0 Å². The Hall–Kier alpha value is 0.483. The van der Waals surface area contributed by atoms with Crippen LogP contribution in [0.1, 0.15) is 0 Å². The maximum atomic E-state index is 5.00. The Morgan fingerprint density at radius 3 is 1.80 bits per heavy atom. The van der Waals surface area contributed by atoms with E-state index in [0.717, 1.165) is 30.9 Å². The molecule has 0 unspecified atom stereocenters. The van der Waals surface area contributed by atoms with Crippen LogP contribution in [-0.4, -0.2) is 0 Å². The molecule has 0 N–H and O–H groups in total. The number of benzene rings is 1. The molecule has 0 aromatic heterocycles. The van der Waals surface area contributed by atoms with Gasteiger partial charge < -0.3 is 0 Å². The van der Waals surface area contributed by atoms with E-state index >= 15 is 0 Å². The van der Waals surface area contributed by atoms with Crippen molar-refractivity contribution in [1.29, 1.82) is 0 Å². The first kappa shape index (κ1) is 13.1. The molecule has 0 aliphatic rings. The first-order valence-electron chi connectivity index (χ1n) is 2.32. The van der Waals surface area contributed by atoms with Crippen LogP contribution in [-0.2, 0) is 25.2 Å². The molecule has 1 aromatic carbocycles. The molecule has 10 heavy (non-hydrogen) atoms. The van der Waals surface area contributed by atoms with Gasteiger partial charge in [-0.3, -0.25) is 0 Å². The molecule has 1 aromatic rings. The third-order valence-electron chi connectivity index (χ3n) is 0.861. The summed E-state index contributed by atoms with van der Waals surface area (Å²) in [7, 11) is 0. The van der Waals surface area contributed by atoms with Crippen LogP contribution in [0.4, 0.5) is 0 Å². The van der Waals surface area contributed by atoms with Crippen molar-refractivity contribution in [2.24, 2.45) is 0 Å². The number of hydrogen-bond acceptors (Lipinski definition) is 1. The number of halogens is 2.